The molecule has 5 nitrogen and oxygen atoms in total. The van der Waals surface area contributed by atoms with Gasteiger partial charge < -0.3 is 10.1 Å². The van der Waals surface area contributed by atoms with Crippen molar-refractivity contribution in [3.05, 3.63) is 18.6 Å². The fourth-order valence-corrected chi connectivity index (χ4v) is 1.53. The molecule has 0 aromatic carbocycles. The van der Waals surface area contributed by atoms with Crippen LogP contribution in [0.5, 0.6) is 5.88 Å². The molecule has 19 heavy (non-hydrogen) atoms. The number of imidazole rings is 1. The monoisotopic (exact) mass is 274 g/mol. The molecule has 0 unspecified atom stereocenters. The highest BCUT2D eigenvalue weighted by atomic mass is 19.4. The number of anilines is 1. The standard InChI is InChI=1S/C11H13F3N4O/c1-2-15-8-7-18-5-4-16-9(18)10(17-8)19-6-3-11(12,13)14/h4-5,7,15H,2-3,6H2,1H3. The van der Waals surface area contributed by atoms with Crippen LogP contribution in [0.4, 0.5) is 19.0 Å². The summed E-state index contributed by atoms with van der Waals surface area (Å²) >= 11 is 0. The van der Waals surface area contributed by atoms with Crippen LogP contribution in [0.1, 0.15) is 13.3 Å². The quantitative estimate of drug-likeness (QED) is 0.910. The molecule has 0 atom stereocenters. The first-order chi connectivity index (χ1) is 8.99. The second-order valence-electron chi connectivity index (χ2n) is 3.83. The largest absolute Gasteiger partial charge is 0.475 e. The lowest BCUT2D eigenvalue weighted by Crippen LogP contribution is -2.14. The normalized spacial score (nSPS) is 11.8. The molecule has 0 spiro atoms. The minimum Gasteiger partial charge on any atom is -0.475 e. The fourth-order valence-electron chi connectivity index (χ4n) is 1.53. The van der Waals surface area contributed by atoms with Gasteiger partial charge in [-0.1, -0.05) is 0 Å². The predicted octanol–water partition coefficient (Wildman–Crippen LogP) is 2.49. The molecule has 2 heterocycles. The predicted molar refractivity (Wildman–Crippen MR) is 63.3 cm³/mol. The summed E-state index contributed by atoms with van der Waals surface area (Å²) < 4.78 is 43.0. The summed E-state index contributed by atoms with van der Waals surface area (Å²) in [5.41, 5.74) is 0.392. The van der Waals surface area contributed by atoms with E-state index in [9.17, 15) is 13.2 Å². The van der Waals surface area contributed by atoms with Crippen molar-refractivity contribution in [2.24, 2.45) is 0 Å². The summed E-state index contributed by atoms with van der Waals surface area (Å²) in [6.07, 6.45) is -0.363. The van der Waals surface area contributed by atoms with E-state index in [2.05, 4.69) is 15.3 Å². The van der Waals surface area contributed by atoms with Gasteiger partial charge in [0.1, 0.15) is 5.82 Å². The van der Waals surface area contributed by atoms with Crippen LogP contribution in [0.15, 0.2) is 18.6 Å². The number of fused-ring (bicyclic) bond motifs is 1. The third-order valence-corrected chi connectivity index (χ3v) is 2.33. The van der Waals surface area contributed by atoms with Gasteiger partial charge in [0.25, 0.3) is 5.88 Å². The van der Waals surface area contributed by atoms with Crippen LogP contribution in [-0.2, 0) is 0 Å². The lowest BCUT2D eigenvalue weighted by atomic mass is 10.4. The highest BCUT2D eigenvalue weighted by Gasteiger charge is 2.27. The maximum Gasteiger partial charge on any atom is 0.392 e. The summed E-state index contributed by atoms with van der Waals surface area (Å²) in [5, 5.41) is 2.97. The van der Waals surface area contributed by atoms with Crippen LogP contribution >= 0.6 is 0 Å². The van der Waals surface area contributed by atoms with E-state index in [0.717, 1.165) is 0 Å². The molecule has 0 aliphatic rings. The van der Waals surface area contributed by atoms with E-state index < -0.39 is 19.2 Å². The minimum atomic E-state index is -4.25. The summed E-state index contributed by atoms with van der Waals surface area (Å²) in [6.45, 7) is 2.06. The Balaban J connectivity index is 2.18. The summed E-state index contributed by atoms with van der Waals surface area (Å²) in [4.78, 5) is 8.10. The molecule has 2 rings (SSSR count). The maximum absolute atomic E-state index is 12.1. The lowest BCUT2D eigenvalue weighted by Gasteiger charge is -2.10. The molecule has 0 radical (unpaired) electrons. The Hall–Kier alpha value is -1.99. The van der Waals surface area contributed by atoms with Crippen molar-refractivity contribution >= 4 is 11.5 Å². The molecule has 8 heteroatoms. The van der Waals surface area contributed by atoms with Crippen molar-refractivity contribution in [3.8, 4) is 5.88 Å². The first-order valence-corrected chi connectivity index (χ1v) is 5.76. The highest BCUT2D eigenvalue weighted by molar-refractivity contribution is 5.53. The van der Waals surface area contributed by atoms with Crippen molar-refractivity contribution < 1.29 is 17.9 Å². The van der Waals surface area contributed by atoms with Crippen molar-refractivity contribution in [2.75, 3.05) is 18.5 Å². The molecule has 2 aromatic rings. The van der Waals surface area contributed by atoms with Crippen molar-refractivity contribution in [1.29, 1.82) is 0 Å². The van der Waals surface area contributed by atoms with E-state index in [4.69, 9.17) is 4.74 Å². The Bertz CT molecular complexity index is 552. The fraction of sp³-hybridized carbons (Fsp3) is 0.455. The molecule has 0 saturated heterocycles. The van der Waals surface area contributed by atoms with Crippen LogP contribution in [0, 0.1) is 0 Å². The number of rotatable bonds is 5. The highest BCUT2D eigenvalue weighted by Crippen LogP contribution is 2.22. The van der Waals surface area contributed by atoms with Gasteiger partial charge in [0.05, 0.1) is 19.2 Å². The van der Waals surface area contributed by atoms with Crippen molar-refractivity contribution in [2.45, 2.75) is 19.5 Å². The number of nitrogens with zero attached hydrogens (tertiary/aromatic N) is 3. The van der Waals surface area contributed by atoms with Crippen molar-refractivity contribution in [3.63, 3.8) is 0 Å². The average Bonchev–Trinajstić information content (AvgIpc) is 2.76. The Kier molecular flexibility index (Phi) is 3.77. The van der Waals surface area contributed by atoms with E-state index in [-0.39, 0.29) is 5.88 Å². The van der Waals surface area contributed by atoms with Crippen LogP contribution in [0.2, 0.25) is 0 Å². The van der Waals surface area contributed by atoms with Gasteiger partial charge in [-0.15, -0.1) is 0 Å². The number of ether oxygens (including phenoxy) is 1. The van der Waals surface area contributed by atoms with E-state index in [1.807, 2.05) is 6.92 Å². The minimum absolute atomic E-state index is 0.0905. The molecule has 0 saturated carbocycles. The van der Waals surface area contributed by atoms with Crippen LogP contribution < -0.4 is 10.1 Å². The van der Waals surface area contributed by atoms with E-state index >= 15 is 0 Å². The van der Waals surface area contributed by atoms with Gasteiger partial charge in [-0.05, 0) is 6.92 Å². The molecule has 0 bridgehead atoms. The zero-order valence-corrected chi connectivity index (χ0v) is 10.2. The van der Waals surface area contributed by atoms with Gasteiger partial charge in [0.2, 0.25) is 5.65 Å². The number of hydrogen-bond donors (Lipinski definition) is 1. The third-order valence-electron chi connectivity index (χ3n) is 2.33. The van der Waals surface area contributed by atoms with E-state index in [1.54, 1.807) is 16.8 Å². The number of aromatic nitrogens is 3. The van der Waals surface area contributed by atoms with Gasteiger partial charge in [0.15, 0.2) is 0 Å². The molecule has 0 amide bonds. The third kappa shape index (κ3) is 3.49. The van der Waals surface area contributed by atoms with E-state index in [0.29, 0.717) is 18.0 Å². The topological polar surface area (TPSA) is 51.5 Å². The van der Waals surface area contributed by atoms with Gasteiger partial charge in [0, 0.05) is 18.9 Å². The first-order valence-electron chi connectivity index (χ1n) is 5.76. The Morgan fingerprint density at radius 1 is 1.42 bits per heavy atom. The molecule has 104 valence electrons. The average molecular weight is 274 g/mol. The number of hydrogen-bond acceptors (Lipinski definition) is 4. The van der Waals surface area contributed by atoms with Gasteiger partial charge >= 0.3 is 6.18 Å². The molecule has 0 aliphatic carbocycles. The Labute approximate surface area is 107 Å². The molecular weight excluding hydrogens is 261 g/mol. The number of alkyl halides is 3. The second-order valence-corrected chi connectivity index (χ2v) is 3.83. The van der Waals surface area contributed by atoms with Gasteiger partial charge in [-0.25, -0.2) is 4.98 Å². The lowest BCUT2D eigenvalue weighted by molar-refractivity contribution is -0.139. The first kappa shape index (κ1) is 13.4. The summed E-state index contributed by atoms with van der Waals surface area (Å²) in [6, 6.07) is 0. The molecule has 1 N–H and O–H groups in total. The summed E-state index contributed by atoms with van der Waals surface area (Å²) in [5.74, 6) is 0.614. The molecular formula is C11H13F3N4O. The Morgan fingerprint density at radius 2 is 2.21 bits per heavy atom. The zero-order chi connectivity index (χ0) is 13.9. The van der Waals surface area contributed by atoms with E-state index in [1.165, 1.54) is 6.20 Å². The van der Waals surface area contributed by atoms with Crippen LogP contribution in [0.25, 0.3) is 5.65 Å². The summed E-state index contributed by atoms with van der Waals surface area (Å²) in [7, 11) is 0. The second kappa shape index (κ2) is 5.33. The SMILES string of the molecule is CCNc1cn2ccnc2c(OCCC(F)(F)F)n1. The smallest absolute Gasteiger partial charge is 0.392 e. The number of halogens is 3. The Morgan fingerprint density at radius 3 is 2.89 bits per heavy atom. The number of nitrogens with one attached hydrogen (secondary N) is 1. The molecule has 0 fully saturated rings. The van der Waals surface area contributed by atoms with Gasteiger partial charge in [-0.3, -0.25) is 4.40 Å². The molecule has 2 aromatic heterocycles. The van der Waals surface area contributed by atoms with Crippen LogP contribution in [0.3, 0.4) is 0 Å². The maximum atomic E-state index is 12.1. The van der Waals surface area contributed by atoms with Crippen molar-refractivity contribution in [1.82, 2.24) is 14.4 Å². The molecule has 0 aliphatic heterocycles. The zero-order valence-electron chi connectivity index (χ0n) is 10.2. The van der Waals surface area contributed by atoms with Crippen LogP contribution in [-0.4, -0.2) is 33.7 Å². The van der Waals surface area contributed by atoms with Gasteiger partial charge in [-0.2, -0.15) is 18.2 Å².